The summed E-state index contributed by atoms with van der Waals surface area (Å²) in [6, 6.07) is 0. The number of carbonyl (C=O) groups is 2. The van der Waals surface area contributed by atoms with Gasteiger partial charge in [-0.05, 0) is 105 Å². The maximum absolute atomic E-state index is 12.1. The molecular weight excluding hydrogens is 384 g/mol. The molecule has 1 heterocycles. The van der Waals surface area contributed by atoms with Gasteiger partial charge in [0.25, 0.3) is 0 Å². The molecule has 3 heteroatoms. The second kappa shape index (κ2) is 7.32. The highest BCUT2D eigenvalue weighted by Crippen LogP contribution is 2.66. The summed E-state index contributed by atoms with van der Waals surface area (Å²) in [7, 11) is 0. The third-order valence-electron chi connectivity index (χ3n) is 10.9. The molecule has 0 amide bonds. The average molecular weight is 425 g/mol. The Morgan fingerprint density at radius 3 is 2.52 bits per heavy atom. The fourth-order valence-electron chi connectivity index (χ4n) is 8.71. The molecule has 5 rings (SSSR count). The number of hydrogen-bond acceptors (Lipinski definition) is 3. The molecule has 0 N–H and O–H groups in total. The summed E-state index contributed by atoms with van der Waals surface area (Å²) < 4.78 is 5.70. The molecule has 8 atom stereocenters. The van der Waals surface area contributed by atoms with Gasteiger partial charge in [0, 0.05) is 18.4 Å². The summed E-state index contributed by atoms with van der Waals surface area (Å²) in [5, 5.41) is 0. The fraction of sp³-hybridized carbons (Fsp3) is 0.786. The molecule has 0 saturated heterocycles. The number of ether oxygens (including phenoxy) is 1. The quantitative estimate of drug-likeness (QED) is 0.388. The highest BCUT2D eigenvalue weighted by molar-refractivity contribution is 5.91. The number of Topliss-reactive ketones (excluding diaryl/α,β-unsaturated/α-hetero) is 1. The number of rotatable bonds is 3. The molecule has 3 saturated carbocycles. The number of ketones is 1. The number of fused-ring (bicyclic) bond motifs is 5. The van der Waals surface area contributed by atoms with Crippen LogP contribution in [-0.2, 0) is 14.3 Å². The van der Waals surface area contributed by atoms with Crippen LogP contribution in [0.1, 0.15) is 92.4 Å². The smallest absolute Gasteiger partial charge is 0.334 e. The van der Waals surface area contributed by atoms with Crippen molar-refractivity contribution in [3.05, 3.63) is 22.8 Å². The van der Waals surface area contributed by atoms with E-state index in [0.29, 0.717) is 46.2 Å². The van der Waals surface area contributed by atoms with E-state index in [2.05, 4.69) is 33.8 Å². The predicted molar refractivity (Wildman–Crippen MR) is 122 cm³/mol. The van der Waals surface area contributed by atoms with Crippen LogP contribution in [0.4, 0.5) is 0 Å². The molecule has 170 valence electrons. The van der Waals surface area contributed by atoms with Crippen molar-refractivity contribution in [1.29, 1.82) is 0 Å². The lowest BCUT2D eigenvalue weighted by Gasteiger charge is -2.57. The van der Waals surface area contributed by atoms with Crippen molar-refractivity contribution in [2.24, 2.45) is 40.4 Å². The van der Waals surface area contributed by atoms with E-state index in [0.717, 1.165) is 43.3 Å². The number of carbonyl (C=O) groups excluding carboxylic acids is 2. The minimum Gasteiger partial charge on any atom is -0.454 e. The van der Waals surface area contributed by atoms with E-state index < -0.39 is 0 Å². The largest absolute Gasteiger partial charge is 0.454 e. The monoisotopic (exact) mass is 424 g/mol. The van der Waals surface area contributed by atoms with Gasteiger partial charge in [-0.2, -0.15) is 0 Å². The summed E-state index contributed by atoms with van der Waals surface area (Å²) in [5.41, 5.74) is 4.41. The third kappa shape index (κ3) is 3.12. The second-order valence-corrected chi connectivity index (χ2v) is 12.1. The van der Waals surface area contributed by atoms with Gasteiger partial charge in [0.2, 0.25) is 0 Å². The Morgan fingerprint density at radius 1 is 1.06 bits per heavy atom. The van der Waals surface area contributed by atoms with Crippen molar-refractivity contribution < 1.29 is 14.3 Å². The van der Waals surface area contributed by atoms with Crippen LogP contribution in [0.3, 0.4) is 0 Å². The fourth-order valence-corrected chi connectivity index (χ4v) is 8.71. The molecule has 3 fully saturated rings. The standard InChI is InChI=1S/C28H40O3/c1-16(14-25-17(2)18(3)26(30)31-25)22-8-9-23-21-7-6-19-15-20(29)10-12-27(19,4)24(21)11-13-28(22,23)5/h7,16,19,22-25H,6,8-15H2,1-5H3/t16-,19+,22-,23+,24+,25-,27+,28-/m1/s1. The lowest BCUT2D eigenvalue weighted by molar-refractivity contribution is -0.140. The van der Waals surface area contributed by atoms with Gasteiger partial charge < -0.3 is 4.74 Å². The van der Waals surface area contributed by atoms with Crippen molar-refractivity contribution in [2.75, 3.05) is 0 Å². The van der Waals surface area contributed by atoms with Gasteiger partial charge in [-0.1, -0.05) is 32.4 Å². The SMILES string of the molecule is CC1=C(C)[C@@H](C[C@@H](C)[C@H]2CC[C@H]3C4=CC[C@H]5CC(=O)CC[C@]5(C)[C@H]4CC[C@]23C)OC1=O. The summed E-state index contributed by atoms with van der Waals surface area (Å²) in [6.45, 7) is 11.4. The minimum atomic E-state index is -0.119. The lowest BCUT2D eigenvalue weighted by atomic mass is 9.47. The van der Waals surface area contributed by atoms with Gasteiger partial charge in [0.1, 0.15) is 11.9 Å². The Balaban J connectivity index is 1.35. The first-order chi connectivity index (χ1) is 14.6. The molecule has 4 aliphatic carbocycles. The molecule has 1 aliphatic heterocycles. The summed E-state index contributed by atoms with van der Waals surface area (Å²) >= 11 is 0. The minimum absolute atomic E-state index is 0.0187. The van der Waals surface area contributed by atoms with Gasteiger partial charge in [0.15, 0.2) is 0 Å². The van der Waals surface area contributed by atoms with Crippen LogP contribution >= 0.6 is 0 Å². The van der Waals surface area contributed by atoms with Gasteiger partial charge >= 0.3 is 5.97 Å². The van der Waals surface area contributed by atoms with Crippen LogP contribution in [0.25, 0.3) is 0 Å². The van der Waals surface area contributed by atoms with E-state index in [1.165, 1.54) is 25.7 Å². The van der Waals surface area contributed by atoms with Gasteiger partial charge in [-0.15, -0.1) is 0 Å². The maximum atomic E-state index is 12.1. The molecule has 0 aromatic carbocycles. The summed E-state index contributed by atoms with van der Waals surface area (Å²) in [6.07, 6.45) is 12.6. The Kier molecular flexibility index (Phi) is 5.07. The zero-order valence-electron chi connectivity index (χ0n) is 20.1. The van der Waals surface area contributed by atoms with Crippen molar-refractivity contribution in [1.82, 2.24) is 0 Å². The highest BCUT2D eigenvalue weighted by Gasteiger charge is 2.58. The van der Waals surface area contributed by atoms with Crippen molar-refractivity contribution in [2.45, 2.75) is 98.5 Å². The molecule has 5 aliphatic rings. The van der Waals surface area contributed by atoms with Crippen LogP contribution in [0.2, 0.25) is 0 Å². The number of hydrogen-bond donors (Lipinski definition) is 0. The molecular formula is C28H40O3. The van der Waals surface area contributed by atoms with Crippen molar-refractivity contribution in [3.8, 4) is 0 Å². The van der Waals surface area contributed by atoms with Crippen LogP contribution < -0.4 is 0 Å². The van der Waals surface area contributed by atoms with E-state index in [4.69, 9.17) is 4.74 Å². The zero-order valence-corrected chi connectivity index (χ0v) is 20.1. The van der Waals surface area contributed by atoms with E-state index in [9.17, 15) is 9.59 Å². The Hall–Kier alpha value is -1.38. The van der Waals surface area contributed by atoms with Gasteiger partial charge in [-0.3, -0.25) is 4.79 Å². The number of cyclic esters (lactones) is 1. The van der Waals surface area contributed by atoms with Gasteiger partial charge in [0.05, 0.1) is 0 Å². The lowest BCUT2D eigenvalue weighted by Crippen LogP contribution is -2.49. The molecule has 0 aromatic rings. The first-order valence-corrected chi connectivity index (χ1v) is 12.7. The van der Waals surface area contributed by atoms with Crippen LogP contribution in [0.15, 0.2) is 22.8 Å². The molecule has 0 spiro atoms. The first kappa shape index (κ1) is 21.5. The first-order valence-electron chi connectivity index (χ1n) is 12.7. The average Bonchev–Trinajstić information content (AvgIpc) is 3.20. The van der Waals surface area contributed by atoms with Gasteiger partial charge in [-0.25, -0.2) is 4.79 Å². The van der Waals surface area contributed by atoms with Crippen molar-refractivity contribution in [3.63, 3.8) is 0 Å². The number of allylic oxidation sites excluding steroid dienone is 2. The van der Waals surface area contributed by atoms with E-state index >= 15 is 0 Å². The van der Waals surface area contributed by atoms with E-state index in [1.54, 1.807) is 5.57 Å². The normalized spacial score (nSPS) is 45.6. The molecule has 3 nitrogen and oxygen atoms in total. The molecule has 0 radical (unpaired) electrons. The number of esters is 1. The molecule has 0 bridgehead atoms. The molecule has 31 heavy (non-hydrogen) atoms. The third-order valence-corrected chi connectivity index (χ3v) is 10.9. The Morgan fingerprint density at radius 2 is 1.81 bits per heavy atom. The predicted octanol–water partition coefficient (Wildman–Crippen LogP) is 6.42. The Labute approximate surface area is 188 Å². The van der Waals surface area contributed by atoms with Crippen molar-refractivity contribution >= 4 is 11.8 Å². The van der Waals surface area contributed by atoms with E-state index in [1.807, 2.05) is 6.92 Å². The van der Waals surface area contributed by atoms with Crippen LogP contribution in [0, 0.1) is 40.4 Å². The summed E-state index contributed by atoms with van der Waals surface area (Å²) in [4.78, 5) is 24.1. The van der Waals surface area contributed by atoms with Crippen LogP contribution in [-0.4, -0.2) is 17.9 Å². The second-order valence-electron chi connectivity index (χ2n) is 12.1. The van der Waals surface area contributed by atoms with Crippen LogP contribution in [0.5, 0.6) is 0 Å². The maximum Gasteiger partial charge on any atom is 0.334 e. The topological polar surface area (TPSA) is 43.4 Å². The highest BCUT2D eigenvalue weighted by atomic mass is 16.5. The van der Waals surface area contributed by atoms with E-state index in [-0.39, 0.29) is 12.1 Å². The molecule has 0 aromatic heterocycles. The molecule has 0 unspecified atom stereocenters. The zero-order chi connectivity index (χ0) is 22.1. The summed E-state index contributed by atoms with van der Waals surface area (Å²) in [5.74, 6) is 3.59. The Bertz CT molecular complexity index is 865.